The number of hydrogen-bond donors (Lipinski definition) is 2. The second-order valence-electron chi connectivity index (χ2n) is 8.84. The Morgan fingerprint density at radius 2 is 1.85 bits per heavy atom. The van der Waals surface area contributed by atoms with Gasteiger partial charge in [-0.3, -0.25) is 4.79 Å². The summed E-state index contributed by atoms with van der Waals surface area (Å²) in [5.41, 5.74) is -0.280. The van der Waals surface area contributed by atoms with Crippen LogP contribution in [0.4, 0.5) is 13.2 Å². The Labute approximate surface area is 192 Å². The molecule has 7 nitrogen and oxygen atoms in total. The number of benzene rings is 1. The highest BCUT2D eigenvalue weighted by atomic mass is 32.2. The fraction of sp³-hybridized carbons (Fsp3) is 0.682. The van der Waals surface area contributed by atoms with E-state index in [-0.39, 0.29) is 18.6 Å². The van der Waals surface area contributed by atoms with Crippen LogP contribution in [-0.4, -0.2) is 68.5 Å². The minimum absolute atomic E-state index is 0.0907. The van der Waals surface area contributed by atoms with Gasteiger partial charge in [-0.1, -0.05) is 18.2 Å². The molecule has 1 saturated carbocycles. The van der Waals surface area contributed by atoms with Crippen molar-refractivity contribution in [1.29, 1.82) is 0 Å². The summed E-state index contributed by atoms with van der Waals surface area (Å²) in [6.07, 6.45) is -0.155. The number of piperidine rings is 1. The number of hydrogen-bond acceptors (Lipinski definition) is 5. The number of rotatable bonds is 7. The van der Waals surface area contributed by atoms with Gasteiger partial charge >= 0.3 is 6.18 Å². The molecule has 1 amide bonds. The maximum absolute atomic E-state index is 13.4. The lowest BCUT2D eigenvalue weighted by atomic mass is 9.81. The number of nitrogens with zero attached hydrogens (tertiary/aromatic N) is 1. The van der Waals surface area contributed by atoms with Gasteiger partial charge in [0.1, 0.15) is 6.61 Å². The molecule has 1 aliphatic heterocycles. The predicted octanol–water partition coefficient (Wildman–Crippen LogP) is 2.65. The molecule has 1 aliphatic carbocycles. The summed E-state index contributed by atoms with van der Waals surface area (Å²) in [6, 6.07) is 4.58. The van der Waals surface area contributed by atoms with Gasteiger partial charge in [0, 0.05) is 12.6 Å². The average Bonchev–Trinajstić information content (AvgIpc) is 2.76. The number of carbonyl (C=O) groups is 1. The molecule has 33 heavy (non-hydrogen) atoms. The number of alkyl halides is 3. The van der Waals surface area contributed by atoms with Crippen molar-refractivity contribution in [2.75, 3.05) is 26.0 Å². The van der Waals surface area contributed by atoms with Gasteiger partial charge in [0.25, 0.3) is 0 Å². The molecule has 2 aliphatic rings. The van der Waals surface area contributed by atoms with E-state index in [2.05, 4.69) is 4.72 Å². The summed E-state index contributed by atoms with van der Waals surface area (Å²) in [4.78, 5) is 13.7. The Morgan fingerprint density at radius 1 is 1.18 bits per heavy atom. The number of aliphatic hydroxyl groups excluding tert-OH is 1. The summed E-state index contributed by atoms with van der Waals surface area (Å²) in [5.74, 6) is -0.694. The lowest BCUT2D eigenvalue weighted by molar-refractivity contribution is -0.142. The van der Waals surface area contributed by atoms with Crippen LogP contribution in [-0.2, 0) is 25.7 Å². The predicted molar refractivity (Wildman–Crippen MR) is 116 cm³/mol. The molecule has 0 spiro atoms. The van der Waals surface area contributed by atoms with E-state index in [0.717, 1.165) is 12.3 Å². The van der Waals surface area contributed by atoms with Gasteiger partial charge < -0.3 is 14.7 Å². The highest BCUT2D eigenvalue weighted by Crippen LogP contribution is 2.41. The summed E-state index contributed by atoms with van der Waals surface area (Å²) < 4.78 is 72.3. The molecule has 186 valence electrons. The van der Waals surface area contributed by atoms with E-state index in [1.807, 2.05) is 0 Å². The SMILES string of the molecule is CS(=O)(=O)N[C@H]1CCCN(C(=O)CO)C1COC1CCC(c2ccccc2C(F)(F)F)CC1. The monoisotopic (exact) mass is 492 g/mol. The Bertz CT molecular complexity index is 917. The van der Waals surface area contributed by atoms with Crippen LogP contribution >= 0.6 is 0 Å². The van der Waals surface area contributed by atoms with E-state index in [4.69, 9.17) is 4.74 Å². The molecule has 1 heterocycles. The van der Waals surface area contributed by atoms with Crippen molar-refractivity contribution in [1.82, 2.24) is 9.62 Å². The van der Waals surface area contributed by atoms with Crippen molar-refractivity contribution in [2.24, 2.45) is 0 Å². The second-order valence-corrected chi connectivity index (χ2v) is 10.6. The quantitative estimate of drug-likeness (QED) is 0.610. The third kappa shape index (κ3) is 6.91. The first-order chi connectivity index (χ1) is 15.5. The molecule has 0 bridgehead atoms. The van der Waals surface area contributed by atoms with Crippen LogP contribution in [0.1, 0.15) is 55.6 Å². The number of nitrogens with one attached hydrogen (secondary N) is 1. The van der Waals surface area contributed by atoms with Gasteiger partial charge in [-0.2, -0.15) is 13.2 Å². The minimum Gasteiger partial charge on any atom is -0.387 e. The maximum atomic E-state index is 13.4. The lowest BCUT2D eigenvalue weighted by Gasteiger charge is -2.42. The standard InChI is InChI=1S/C22H31F3N2O5S/c1-33(30,31)26-19-7-4-12-27(21(29)13-28)20(19)14-32-16-10-8-15(9-11-16)17-5-2-3-6-18(17)22(23,24)25/h2-3,5-6,15-16,19-20,26,28H,4,7-14H2,1H3/t15?,16?,19-,20?/m0/s1. The van der Waals surface area contributed by atoms with Crippen LogP contribution in [0.25, 0.3) is 0 Å². The highest BCUT2D eigenvalue weighted by molar-refractivity contribution is 7.88. The first-order valence-corrected chi connectivity index (χ1v) is 13.0. The number of sulfonamides is 1. The Kier molecular flexibility index (Phi) is 8.41. The van der Waals surface area contributed by atoms with Crippen molar-refractivity contribution < 1.29 is 36.2 Å². The second kappa shape index (κ2) is 10.7. The zero-order valence-electron chi connectivity index (χ0n) is 18.6. The number of halogens is 3. The minimum atomic E-state index is -4.39. The summed E-state index contributed by atoms with van der Waals surface area (Å²) >= 11 is 0. The third-order valence-corrected chi connectivity index (χ3v) is 7.21. The first kappa shape index (κ1) is 25.9. The molecule has 11 heteroatoms. The normalized spacial score (nSPS) is 26.9. The topological polar surface area (TPSA) is 95.9 Å². The maximum Gasteiger partial charge on any atom is 0.416 e. The van der Waals surface area contributed by atoms with Crippen LogP contribution in [0, 0.1) is 0 Å². The molecule has 2 atom stereocenters. The molecule has 3 rings (SSSR count). The van der Waals surface area contributed by atoms with Crippen molar-refractivity contribution >= 4 is 15.9 Å². The van der Waals surface area contributed by atoms with E-state index in [1.54, 1.807) is 6.07 Å². The molecule has 0 aromatic heterocycles. The first-order valence-electron chi connectivity index (χ1n) is 11.1. The van der Waals surface area contributed by atoms with Gasteiger partial charge in [-0.05, 0) is 56.1 Å². The van der Waals surface area contributed by atoms with Crippen LogP contribution in [0.15, 0.2) is 24.3 Å². The zero-order valence-corrected chi connectivity index (χ0v) is 19.4. The van der Waals surface area contributed by atoms with Crippen molar-refractivity contribution in [3.05, 3.63) is 35.4 Å². The highest BCUT2D eigenvalue weighted by Gasteiger charge is 2.38. The summed E-state index contributed by atoms with van der Waals surface area (Å²) in [7, 11) is -3.51. The van der Waals surface area contributed by atoms with Gasteiger partial charge in [-0.15, -0.1) is 0 Å². The molecule has 2 fully saturated rings. The summed E-state index contributed by atoms with van der Waals surface area (Å²) in [5, 5.41) is 9.31. The van der Waals surface area contributed by atoms with Gasteiger partial charge in [0.15, 0.2) is 0 Å². The molecular weight excluding hydrogens is 461 g/mol. The third-order valence-electron chi connectivity index (χ3n) is 6.48. The number of amides is 1. The van der Waals surface area contributed by atoms with Gasteiger partial charge in [-0.25, -0.2) is 13.1 Å². The number of carbonyl (C=O) groups excluding carboxylic acids is 1. The number of aliphatic hydroxyl groups is 1. The Morgan fingerprint density at radius 3 is 2.45 bits per heavy atom. The van der Waals surface area contributed by atoms with E-state index in [9.17, 15) is 31.5 Å². The summed E-state index contributed by atoms with van der Waals surface area (Å²) in [6.45, 7) is -0.185. The molecule has 0 radical (unpaired) electrons. The molecular formula is C22H31F3N2O5S. The van der Waals surface area contributed by atoms with E-state index < -0.39 is 46.4 Å². The average molecular weight is 493 g/mol. The van der Waals surface area contributed by atoms with Crippen LogP contribution in [0.2, 0.25) is 0 Å². The van der Waals surface area contributed by atoms with Crippen LogP contribution in [0.5, 0.6) is 0 Å². The largest absolute Gasteiger partial charge is 0.416 e. The fourth-order valence-corrected chi connectivity index (χ4v) is 5.79. The van der Waals surface area contributed by atoms with Crippen molar-refractivity contribution in [2.45, 2.75) is 68.8 Å². The van der Waals surface area contributed by atoms with E-state index in [0.29, 0.717) is 50.6 Å². The van der Waals surface area contributed by atoms with Gasteiger partial charge in [0.2, 0.25) is 15.9 Å². The Hall–Kier alpha value is -1.69. The van der Waals surface area contributed by atoms with E-state index >= 15 is 0 Å². The molecule has 1 unspecified atom stereocenters. The van der Waals surface area contributed by atoms with Crippen molar-refractivity contribution in [3.8, 4) is 0 Å². The molecule has 2 N–H and O–H groups in total. The lowest BCUT2D eigenvalue weighted by Crippen LogP contribution is -2.59. The van der Waals surface area contributed by atoms with Crippen molar-refractivity contribution in [3.63, 3.8) is 0 Å². The number of ether oxygens (including phenoxy) is 1. The fourth-order valence-electron chi connectivity index (χ4n) is 4.96. The zero-order chi connectivity index (χ0) is 24.2. The van der Waals surface area contributed by atoms with Crippen LogP contribution in [0.3, 0.4) is 0 Å². The number of likely N-dealkylation sites (tertiary alicyclic amines) is 1. The Balaban J connectivity index is 1.63. The molecule has 1 aromatic rings. The van der Waals surface area contributed by atoms with Gasteiger partial charge in [0.05, 0.1) is 30.6 Å². The van der Waals surface area contributed by atoms with Crippen LogP contribution < -0.4 is 4.72 Å². The molecule has 1 saturated heterocycles. The van der Waals surface area contributed by atoms with E-state index in [1.165, 1.54) is 17.0 Å². The smallest absolute Gasteiger partial charge is 0.387 e. The molecule has 1 aromatic carbocycles.